The van der Waals surface area contributed by atoms with E-state index >= 15 is 0 Å². The summed E-state index contributed by atoms with van der Waals surface area (Å²) in [5.74, 6) is 0. The summed E-state index contributed by atoms with van der Waals surface area (Å²) in [4.78, 5) is 0. The van der Waals surface area contributed by atoms with Crippen LogP contribution in [0.5, 0.6) is 0 Å². The van der Waals surface area contributed by atoms with Gasteiger partial charge in [-0.25, -0.2) is 0 Å². The molecular weight excluding hydrogens is 231 g/mol. The molecule has 0 saturated heterocycles. The van der Waals surface area contributed by atoms with E-state index in [1.165, 1.54) is 0 Å². The zero-order chi connectivity index (χ0) is 2.71. The Hall–Kier alpha value is 1.38. The van der Waals surface area contributed by atoms with Gasteiger partial charge in [0.25, 0.3) is 0 Å². The van der Waals surface area contributed by atoms with Crippen LogP contribution in [-0.2, 0) is 21.8 Å². The molecule has 6 heteroatoms. The van der Waals surface area contributed by atoms with Crippen molar-refractivity contribution < 1.29 is 38.2 Å². The van der Waals surface area contributed by atoms with Gasteiger partial charge in [0.05, 0.1) is 0 Å². The van der Waals surface area contributed by atoms with Crippen LogP contribution in [0.2, 0.25) is 0 Å². The van der Waals surface area contributed by atoms with Gasteiger partial charge in [-0.15, -0.1) is 0 Å². The molecule has 0 unspecified atom stereocenters. The Bertz CT molecular complexity index is 8.75. The molecule has 0 aliphatic carbocycles. The topological polar surface area (TPSA) is 94.5 Å². The molecule has 0 atom stereocenters. The van der Waals surface area contributed by atoms with Crippen LogP contribution < -0.4 is 0 Å². The van der Waals surface area contributed by atoms with Gasteiger partial charge >= 0.3 is 38.4 Å². The first kappa shape index (κ1) is 26.3. The molecule has 6 heavy (non-hydrogen) atoms. The molecule has 6 N–H and O–H groups in total. The molecule has 3 nitrogen and oxygen atoms in total. The van der Waals surface area contributed by atoms with Crippen molar-refractivity contribution >= 4 is 16.6 Å². The van der Waals surface area contributed by atoms with E-state index in [-0.39, 0.29) is 16.4 Å². The Kier molecular flexibility index (Phi) is 143. The molecule has 0 aromatic heterocycles. The third kappa shape index (κ3) is 54.1. The molecule has 0 bridgehead atoms. The van der Waals surface area contributed by atoms with Gasteiger partial charge in [0.1, 0.15) is 0 Å². The Morgan fingerprint density at radius 2 is 0.833 bits per heavy atom. The first-order chi connectivity index (χ1) is 1.41. The number of rotatable bonds is 0. The van der Waals surface area contributed by atoms with Crippen LogP contribution in [0.25, 0.3) is 0 Å². The molecule has 0 fully saturated rings. The van der Waals surface area contributed by atoms with Crippen LogP contribution in [0.15, 0.2) is 0 Å². The quantitative estimate of drug-likeness (QED) is 0.478. The van der Waals surface area contributed by atoms with Gasteiger partial charge in [-0.3, -0.25) is 0 Å². The van der Waals surface area contributed by atoms with Crippen LogP contribution in [0.4, 0.5) is 0 Å². The third-order valence-electron chi connectivity index (χ3n) is 0. The van der Waals surface area contributed by atoms with Gasteiger partial charge in [-0.2, -0.15) is 0 Å². The van der Waals surface area contributed by atoms with Gasteiger partial charge in [0.15, 0.2) is 0 Å². The molecule has 0 rings (SSSR count). The Morgan fingerprint density at radius 1 is 0.833 bits per heavy atom. The monoisotopic (exact) mass is 238 g/mol. The number of hydrogen-bond donors (Lipinski definition) is 0. The van der Waals surface area contributed by atoms with Crippen molar-refractivity contribution in [3.63, 3.8) is 0 Å². The summed E-state index contributed by atoms with van der Waals surface area (Å²) in [5, 5.41) is 0. The van der Waals surface area contributed by atoms with E-state index in [9.17, 15) is 0 Å². The van der Waals surface area contributed by atoms with Crippen molar-refractivity contribution in [3.8, 4) is 0 Å². The van der Waals surface area contributed by atoms with Crippen molar-refractivity contribution in [3.05, 3.63) is 0 Å². The summed E-state index contributed by atoms with van der Waals surface area (Å²) < 4.78 is 0. The summed E-state index contributed by atoms with van der Waals surface area (Å²) >= 11 is -1.07. The van der Waals surface area contributed by atoms with E-state index in [4.69, 9.17) is 16.6 Å². The van der Waals surface area contributed by atoms with Crippen LogP contribution in [0.3, 0.4) is 0 Å². The molecule has 0 aromatic carbocycles. The molecule has 0 radical (unpaired) electrons. The average molecular weight is 237 g/mol. The first-order valence-corrected chi connectivity index (χ1v) is 10.8. The second kappa shape index (κ2) is 32.6. The molecule has 0 heterocycles. The fourth-order valence-corrected chi connectivity index (χ4v) is 0. The Labute approximate surface area is 54.7 Å². The molecular formula is H6CdCl2O3. The van der Waals surface area contributed by atoms with Crippen LogP contribution >= 0.6 is 16.6 Å². The van der Waals surface area contributed by atoms with Crippen molar-refractivity contribution in [2.45, 2.75) is 0 Å². The second-order valence-corrected chi connectivity index (χ2v) is 6.10. The number of hydrogen-bond acceptors (Lipinski definition) is 0. The second-order valence-electron chi connectivity index (χ2n) is 0.101. The van der Waals surface area contributed by atoms with Gasteiger partial charge < -0.3 is 16.4 Å². The van der Waals surface area contributed by atoms with E-state index < -0.39 is 21.8 Å². The molecule has 0 aliphatic rings. The first-order valence-electron chi connectivity index (χ1n) is 0.535. The van der Waals surface area contributed by atoms with Crippen molar-refractivity contribution in [1.29, 1.82) is 0 Å². The maximum atomic E-state index is 4.97. The SMILES string of the molecule is O.O.O.[Cl][Cd][Cl]. The van der Waals surface area contributed by atoms with Crippen molar-refractivity contribution in [2.75, 3.05) is 0 Å². The zero-order valence-corrected chi connectivity index (χ0v) is 8.51. The summed E-state index contributed by atoms with van der Waals surface area (Å²) in [6.45, 7) is 0. The molecule has 0 aromatic rings. The molecule has 0 spiro atoms. The van der Waals surface area contributed by atoms with Gasteiger partial charge in [-0.1, -0.05) is 0 Å². The van der Waals surface area contributed by atoms with Crippen molar-refractivity contribution in [2.24, 2.45) is 0 Å². The van der Waals surface area contributed by atoms with Gasteiger partial charge in [0, 0.05) is 0 Å². The van der Waals surface area contributed by atoms with Gasteiger partial charge in [0.2, 0.25) is 0 Å². The van der Waals surface area contributed by atoms with E-state index in [0.717, 1.165) is 0 Å². The Morgan fingerprint density at radius 3 is 0.833 bits per heavy atom. The predicted octanol–water partition coefficient (Wildman–Crippen LogP) is -1.10. The molecule has 0 amide bonds. The fourth-order valence-electron chi connectivity index (χ4n) is 0. The van der Waals surface area contributed by atoms with E-state index in [2.05, 4.69) is 0 Å². The summed E-state index contributed by atoms with van der Waals surface area (Å²) in [6, 6.07) is 0. The van der Waals surface area contributed by atoms with Crippen LogP contribution in [-0.4, -0.2) is 16.4 Å². The molecule has 0 aliphatic heterocycles. The summed E-state index contributed by atoms with van der Waals surface area (Å²) in [6.07, 6.45) is 0. The minimum atomic E-state index is -1.07. The number of halogens is 2. The normalized spacial score (nSPS) is 1.67. The Balaban J connectivity index is -0.00000000667. The minimum absolute atomic E-state index is 0. The van der Waals surface area contributed by atoms with E-state index in [1.807, 2.05) is 0 Å². The molecule has 40 valence electrons. The van der Waals surface area contributed by atoms with Crippen LogP contribution in [0, 0.1) is 0 Å². The maximum absolute atomic E-state index is 4.97. The molecule has 0 saturated carbocycles. The average Bonchev–Trinajstić information content (AvgIpc) is 0.918. The predicted molar refractivity (Wildman–Crippen MR) is 22.5 cm³/mol. The third-order valence-corrected chi connectivity index (χ3v) is 0. The van der Waals surface area contributed by atoms with Gasteiger partial charge in [-0.05, 0) is 0 Å². The summed E-state index contributed by atoms with van der Waals surface area (Å²) in [5.41, 5.74) is 0. The van der Waals surface area contributed by atoms with E-state index in [0.29, 0.717) is 0 Å². The summed E-state index contributed by atoms with van der Waals surface area (Å²) in [7, 11) is 9.95. The van der Waals surface area contributed by atoms with E-state index in [1.54, 1.807) is 0 Å². The zero-order valence-electron chi connectivity index (χ0n) is 2.96. The van der Waals surface area contributed by atoms with Crippen molar-refractivity contribution in [1.82, 2.24) is 0 Å². The fraction of sp³-hybridized carbons (Fsp3) is 0. The van der Waals surface area contributed by atoms with Crippen LogP contribution in [0.1, 0.15) is 0 Å². The standard InChI is InChI=1S/Cd.2ClH.3H2O/h;2*1H;3*1H2/q+2;;;;;/p-2.